The van der Waals surface area contributed by atoms with Crippen molar-refractivity contribution < 1.29 is 4.79 Å². The van der Waals surface area contributed by atoms with E-state index in [0.717, 1.165) is 37.5 Å². The van der Waals surface area contributed by atoms with E-state index in [4.69, 9.17) is 0 Å². The Labute approximate surface area is 253 Å². The zero-order chi connectivity index (χ0) is 30.4. The molecular weight excluding hydrogens is 522 g/mol. The van der Waals surface area contributed by atoms with Crippen molar-refractivity contribution in [3.05, 3.63) is 53.7 Å². The minimum atomic E-state index is 0.0394. The molecule has 232 valence electrons. The number of urea groups is 1. The van der Waals surface area contributed by atoms with Crippen LogP contribution in [0.4, 0.5) is 4.79 Å². The molecule has 1 aliphatic carbocycles. The van der Waals surface area contributed by atoms with Crippen LogP contribution in [-0.4, -0.2) is 87.1 Å². The number of H-pyrrole nitrogens is 1. The van der Waals surface area contributed by atoms with E-state index in [2.05, 4.69) is 102 Å². The number of para-hydroxylation sites is 1. The fourth-order valence-corrected chi connectivity index (χ4v) is 6.79. The fourth-order valence-electron chi connectivity index (χ4n) is 6.79. The predicted molar refractivity (Wildman–Crippen MR) is 174 cm³/mol. The van der Waals surface area contributed by atoms with Crippen LogP contribution in [0.1, 0.15) is 76.2 Å². The van der Waals surface area contributed by atoms with Crippen molar-refractivity contribution in [1.29, 1.82) is 0 Å². The Kier molecular flexibility index (Phi) is 11.1. The van der Waals surface area contributed by atoms with Gasteiger partial charge in [0.15, 0.2) is 0 Å². The second-order valence-electron chi connectivity index (χ2n) is 13.1. The summed E-state index contributed by atoms with van der Waals surface area (Å²) in [5.74, 6) is 1.04. The Morgan fingerprint density at radius 3 is 2.31 bits per heavy atom. The average Bonchev–Trinajstić information content (AvgIpc) is 3.65. The Balaban J connectivity index is 0.000000130. The molecule has 3 fully saturated rings. The third kappa shape index (κ3) is 7.75. The van der Waals surface area contributed by atoms with Gasteiger partial charge in [-0.05, 0) is 85.0 Å². The normalized spacial score (nSPS) is 27.4. The highest BCUT2D eigenvalue weighted by Crippen LogP contribution is 2.36. The SMILES string of the molecule is CC1CCC2CCCCC2N1C.CC1CNC(=O)N1C.CC1Cc2nc[nH]c2CN1C.Cc1cn(C)c2ccccc12. The maximum Gasteiger partial charge on any atom is 0.317 e. The number of amides is 2. The van der Waals surface area contributed by atoms with E-state index in [1.165, 1.54) is 66.4 Å². The van der Waals surface area contributed by atoms with E-state index in [9.17, 15) is 4.79 Å². The van der Waals surface area contributed by atoms with E-state index in [0.29, 0.717) is 12.1 Å². The number of likely N-dealkylation sites (N-methyl/N-ethyl adjacent to an activating group) is 2. The second-order valence-corrected chi connectivity index (χ2v) is 13.1. The lowest BCUT2D eigenvalue weighted by Crippen LogP contribution is -2.48. The highest BCUT2D eigenvalue weighted by molar-refractivity contribution is 5.83. The average molecular weight is 578 g/mol. The minimum Gasteiger partial charge on any atom is -0.350 e. The number of hydrogen-bond donors (Lipinski definition) is 2. The molecule has 42 heavy (non-hydrogen) atoms. The van der Waals surface area contributed by atoms with Crippen LogP contribution in [0.5, 0.6) is 0 Å². The number of rotatable bonds is 0. The first kappa shape index (κ1) is 32.1. The first-order valence-corrected chi connectivity index (χ1v) is 16.0. The van der Waals surface area contributed by atoms with E-state index in [1.54, 1.807) is 18.3 Å². The van der Waals surface area contributed by atoms with Crippen LogP contribution in [0.3, 0.4) is 0 Å². The number of nitrogens with zero attached hydrogens (tertiary/aromatic N) is 5. The molecule has 5 unspecified atom stereocenters. The molecule has 1 aromatic carbocycles. The van der Waals surface area contributed by atoms with Crippen molar-refractivity contribution in [2.75, 3.05) is 27.7 Å². The molecule has 0 radical (unpaired) electrons. The number of carbonyl (C=O) groups is 1. The maximum absolute atomic E-state index is 10.6. The molecule has 8 nitrogen and oxygen atoms in total. The molecule has 0 bridgehead atoms. The van der Waals surface area contributed by atoms with Gasteiger partial charge < -0.3 is 24.7 Å². The third-order valence-corrected chi connectivity index (χ3v) is 10.1. The van der Waals surface area contributed by atoms with E-state index in [-0.39, 0.29) is 6.03 Å². The van der Waals surface area contributed by atoms with Gasteiger partial charge in [-0.1, -0.05) is 31.0 Å². The van der Waals surface area contributed by atoms with Gasteiger partial charge in [0.05, 0.1) is 17.7 Å². The molecular formula is C34H55N7O. The Morgan fingerprint density at radius 2 is 1.64 bits per heavy atom. The zero-order valence-corrected chi connectivity index (χ0v) is 27.4. The summed E-state index contributed by atoms with van der Waals surface area (Å²) in [5, 5.41) is 4.06. The summed E-state index contributed by atoms with van der Waals surface area (Å²) < 4.78 is 2.16. The number of hydrogen-bond acceptors (Lipinski definition) is 4. The second kappa shape index (κ2) is 14.6. The summed E-state index contributed by atoms with van der Waals surface area (Å²) in [4.78, 5) is 24.7. The lowest BCUT2D eigenvalue weighted by atomic mass is 9.77. The monoisotopic (exact) mass is 577 g/mol. The van der Waals surface area contributed by atoms with Gasteiger partial charge in [0.2, 0.25) is 0 Å². The van der Waals surface area contributed by atoms with Crippen molar-refractivity contribution in [1.82, 2.24) is 34.6 Å². The van der Waals surface area contributed by atoms with Crippen LogP contribution in [-0.2, 0) is 20.0 Å². The highest BCUT2D eigenvalue weighted by Gasteiger charge is 2.34. The smallest absolute Gasteiger partial charge is 0.317 e. The number of imidazole rings is 1. The number of carbonyl (C=O) groups excluding carboxylic acids is 1. The van der Waals surface area contributed by atoms with E-state index >= 15 is 0 Å². The Hall–Kier alpha value is -2.84. The van der Waals surface area contributed by atoms with Crippen molar-refractivity contribution in [3.63, 3.8) is 0 Å². The Morgan fingerprint density at radius 1 is 0.905 bits per heavy atom. The van der Waals surface area contributed by atoms with Gasteiger partial charge in [0.25, 0.3) is 0 Å². The first-order chi connectivity index (χ1) is 20.1. The number of aryl methyl sites for hydroxylation is 2. The molecule has 3 aliphatic heterocycles. The summed E-state index contributed by atoms with van der Waals surface area (Å²) in [7, 11) is 8.35. The quantitative estimate of drug-likeness (QED) is 0.346. The van der Waals surface area contributed by atoms with Crippen LogP contribution in [0.15, 0.2) is 36.8 Å². The number of fused-ring (bicyclic) bond motifs is 3. The van der Waals surface area contributed by atoms with Gasteiger partial charge in [0.1, 0.15) is 0 Å². The van der Waals surface area contributed by atoms with Gasteiger partial charge in [0, 0.05) is 74.9 Å². The number of piperidine rings is 1. The molecule has 2 amide bonds. The highest BCUT2D eigenvalue weighted by atomic mass is 16.2. The molecule has 3 aromatic rings. The van der Waals surface area contributed by atoms with Gasteiger partial charge >= 0.3 is 6.03 Å². The van der Waals surface area contributed by atoms with Crippen molar-refractivity contribution >= 4 is 16.9 Å². The van der Waals surface area contributed by atoms with Crippen LogP contribution < -0.4 is 5.32 Å². The summed E-state index contributed by atoms with van der Waals surface area (Å²) in [5.41, 5.74) is 5.19. The lowest BCUT2D eigenvalue weighted by Gasteiger charge is -2.45. The number of nitrogens with one attached hydrogen (secondary N) is 2. The first-order valence-electron chi connectivity index (χ1n) is 16.0. The van der Waals surface area contributed by atoms with Crippen molar-refractivity contribution in [2.45, 2.75) is 103 Å². The van der Waals surface area contributed by atoms with Gasteiger partial charge in [-0.2, -0.15) is 0 Å². The molecule has 1 saturated carbocycles. The zero-order valence-electron chi connectivity index (χ0n) is 27.4. The van der Waals surface area contributed by atoms with Gasteiger partial charge in [-0.15, -0.1) is 0 Å². The molecule has 2 N–H and O–H groups in total. The molecule has 5 atom stereocenters. The molecule has 0 spiro atoms. The topological polar surface area (TPSA) is 72.4 Å². The number of aromatic nitrogens is 3. The van der Waals surface area contributed by atoms with E-state index < -0.39 is 0 Å². The van der Waals surface area contributed by atoms with Crippen LogP contribution in [0.25, 0.3) is 10.9 Å². The fraction of sp³-hybridized carbons (Fsp3) is 0.647. The van der Waals surface area contributed by atoms with Crippen LogP contribution in [0.2, 0.25) is 0 Å². The Bertz CT molecular complexity index is 1220. The van der Waals surface area contributed by atoms with Crippen molar-refractivity contribution in [3.8, 4) is 0 Å². The molecule has 7 rings (SSSR count). The van der Waals surface area contributed by atoms with Crippen LogP contribution >= 0.6 is 0 Å². The van der Waals surface area contributed by atoms with E-state index in [1.807, 2.05) is 6.92 Å². The number of aromatic amines is 1. The maximum atomic E-state index is 10.6. The summed E-state index contributed by atoms with van der Waals surface area (Å²) in [6.07, 6.45) is 13.9. The number of benzene rings is 1. The third-order valence-electron chi connectivity index (χ3n) is 10.1. The summed E-state index contributed by atoms with van der Waals surface area (Å²) in [6, 6.07) is 11.3. The lowest BCUT2D eigenvalue weighted by molar-refractivity contribution is 0.0447. The molecule has 2 saturated heterocycles. The van der Waals surface area contributed by atoms with Crippen molar-refractivity contribution in [2.24, 2.45) is 13.0 Å². The van der Waals surface area contributed by atoms with Gasteiger partial charge in [-0.25, -0.2) is 9.78 Å². The molecule has 4 aliphatic rings. The van der Waals surface area contributed by atoms with Gasteiger partial charge in [-0.3, -0.25) is 4.90 Å². The minimum absolute atomic E-state index is 0.0394. The van der Waals surface area contributed by atoms with Crippen LogP contribution in [0, 0.1) is 12.8 Å². The molecule has 2 aromatic heterocycles. The summed E-state index contributed by atoms with van der Waals surface area (Å²) >= 11 is 0. The molecule has 8 heteroatoms. The summed E-state index contributed by atoms with van der Waals surface area (Å²) in [6.45, 7) is 10.6. The number of likely N-dealkylation sites (tertiary alicyclic amines) is 1. The standard InChI is InChI=1S/C11H21N.C10H11N.C8H13N3.C5H10N2O/c1-9-7-8-10-5-3-4-6-11(10)12(9)2;1-8-7-11(2)10-6-4-3-5-9(8)10;1-6-3-7-8(4-11(6)2)10-5-9-7;1-4-3-6-5(8)7(4)2/h9-11H,3-8H2,1-2H3;3-7H,1-2H3;5-6H,3-4H2,1-2H3,(H,9,10);4H,3H2,1-2H3,(H,6,8). The molecule has 5 heterocycles. The predicted octanol–water partition coefficient (Wildman–Crippen LogP) is 5.96. The largest absolute Gasteiger partial charge is 0.350 e.